The number of nitrogens with one attached hydrogen (secondary N) is 2. The molecule has 1 aromatic rings. The third kappa shape index (κ3) is 2.58. The van der Waals surface area contributed by atoms with Crippen LogP contribution in [0.3, 0.4) is 0 Å². The molecule has 24 heavy (non-hydrogen) atoms. The minimum atomic E-state index is 0.0213. The first-order valence-electron chi connectivity index (χ1n) is 8.54. The van der Waals surface area contributed by atoms with E-state index in [1.165, 1.54) is 0 Å². The van der Waals surface area contributed by atoms with Gasteiger partial charge in [0.1, 0.15) is 6.34 Å². The number of nitrogens with zero attached hydrogens (tertiary/aromatic N) is 4. The number of piperidine rings is 1. The zero-order chi connectivity index (χ0) is 16.8. The SMILES string of the molecule is Cc1ccc(NC(=O)N2C3CC(C)CC2C3)cc1N1N=CN(C)N1. The fourth-order valence-electron chi connectivity index (χ4n) is 4.03. The van der Waals surface area contributed by atoms with Crippen molar-refractivity contribution < 1.29 is 4.79 Å². The van der Waals surface area contributed by atoms with Crippen LogP contribution in [-0.2, 0) is 0 Å². The van der Waals surface area contributed by atoms with Gasteiger partial charge in [-0.15, -0.1) is 10.6 Å². The number of urea groups is 1. The monoisotopic (exact) mass is 328 g/mol. The molecule has 7 heteroatoms. The summed E-state index contributed by atoms with van der Waals surface area (Å²) in [6.07, 6.45) is 5.12. The highest BCUT2D eigenvalue weighted by atomic mass is 16.2. The molecule has 2 N–H and O–H groups in total. The molecule has 3 heterocycles. The number of benzene rings is 1. The number of hydrazone groups is 1. The number of fused-ring (bicyclic) bond motifs is 2. The number of hydrogen-bond donors (Lipinski definition) is 2. The second-order valence-corrected chi connectivity index (χ2v) is 7.21. The van der Waals surface area contributed by atoms with Gasteiger partial charge in [-0.05, 0) is 49.8 Å². The summed E-state index contributed by atoms with van der Waals surface area (Å²) in [5.41, 5.74) is 5.90. The molecule has 2 bridgehead atoms. The highest BCUT2D eigenvalue weighted by molar-refractivity contribution is 5.91. The first-order chi connectivity index (χ1) is 11.5. The van der Waals surface area contributed by atoms with Crippen molar-refractivity contribution >= 4 is 23.7 Å². The van der Waals surface area contributed by atoms with Crippen molar-refractivity contribution in [3.63, 3.8) is 0 Å². The summed E-state index contributed by atoms with van der Waals surface area (Å²) in [5.74, 6) is 0.736. The maximum absolute atomic E-state index is 12.6. The Hall–Kier alpha value is -2.28. The van der Waals surface area contributed by atoms with Crippen LogP contribution < -0.4 is 16.0 Å². The molecule has 0 radical (unpaired) electrons. The van der Waals surface area contributed by atoms with Gasteiger partial charge in [-0.3, -0.25) is 5.01 Å². The Balaban J connectivity index is 1.47. The van der Waals surface area contributed by atoms with Crippen molar-refractivity contribution in [2.45, 2.75) is 45.2 Å². The predicted molar refractivity (Wildman–Crippen MR) is 94.5 cm³/mol. The Bertz CT molecular complexity index is 678. The van der Waals surface area contributed by atoms with Crippen LogP contribution in [0.1, 0.15) is 31.7 Å². The number of amides is 2. The molecule has 2 unspecified atom stereocenters. The highest BCUT2D eigenvalue weighted by Crippen LogP contribution is 2.41. The van der Waals surface area contributed by atoms with Gasteiger partial charge in [0.15, 0.2) is 0 Å². The van der Waals surface area contributed by atoms with E-state index in [9.17, 15) is 4.79 Å². The van der Waals surface area contributed by atoms with Crippen LogP contribution in [0.2, 0.25) is 0 Å². The lowest BCUT2D eigenvalue weighted by atomic mass is 9.74. The summed E-state index contributed by atoms with van der Waals surface area (Å²) in [6.45, 7) is 4.30. The molecule has 3 aliphatic rings. The predicted octanol–water partition coefficient (Wildman–Crippen LogP) is 2.51. The minimum absolute atomic E-state index is 0.0213. The topological polar surface area (TPSA) is 63.2 Å². The molecule has 128 valence electrons. The van der Waals surface area contributed by atoms with E-state index in [0.717, 1.165) is 42.1 Å². The van der Waals surface area contributed by atoms with Crippen LogP contribution in [0.15, 0.2) is 23.3 Å². The van der Waals surface area contributed by atoms with Crippen LogP contribution in [0.4, 0.5) is 16.2 Å². The molecule has 2 fully saturated rings. The Labute approximate surface area is 142 Å². The van der Waals surface area contributed by atoms with Crippen molar-refractivity contribution in [1.82, 2.24) is 15.4 Å². The molecule has 0 spiro atoms. The number of carbonyl (C=O) groups excluding carboxylic acids is 1. The van der Waals surface area contributed by atoms with Gasteiger partial charge in [-0.1, -0.05) is 13.0 Å². The second-order valence-electron chi connectivity index (χ2n) is 7.21. The number of carbonyl (C=O) groups is 1. The molecule has 0 saturated carbocycles. The standard InChI is InChI=1S/C17H24N6O/c1-11-6-14-9-15(7-11)22(14)17(24)19-13-5-4-12(2)16(8-13)23-18-10-21(3)20-23/h4-5,8,10-11,14-15,20H,6-7,9H2,1-3H3,(H,19,24). The van der Waals surface area contributed by atoms with Crippen LogP contribution in [-0.4, -0.2) is 41.4 Å². The Kier molecular flexibility index (Phi) is 3.60. The lowest BCUT2D eigenvalue weighted by Crippen LogP contribution is -2.63. The van der Waals surface area contributed by atoms with E-state index < -0.39 is 0 Å². The number of rotatable bonds is 2. The normalized spacial score (nSPS) is 28.1. The Morgan fingerprint density at radius 2 is 2.04 bits per heavy atom. The van der Waals surface area contributed by atoms with E-state index in [0.29, 0.717) is 12.1 Å². The molecule has 0 aromatic heterocycles. The van der Waals surface area contributed by atoms with E-state index in [-0.39, 0.29) is 6.03 Å². The van der Waals surface area contributed by atoms with Crippen molar-refractivity contribution in [3.05, 3.63) is 23.8 Å². The van der Waals surface area contributed by atoms with E-state index in [1.54, 1.807) is 16.5 Å². The summed E-state index contributed by atoms with van der Waals surface area (Å²) in [6, 6.07) is 6.75. The summed E-state index contributed by atoms with van der Waals surface area (Å²) < 4.78 is 0. The first-order valence-corrected chi connectivity index (χ1v) is 8.54. The Morgan fingerprint density at radius 3 is 2.71 bits per heavy atom. The maximum Gasteiger partial charge on any atom is 0.322 e. The van der Waals surface area contributed by atoms with Crippen LogP contribution >= 0.6 is 0 Å². The third-order valence-corrected chi connectivity index (χ3v) is 5.20. The fourth-order valence-corrected chi connectivity index (χ4v) is 4.03. The van der Waals surface area contributed by atoms with Gasteiger partial charge >= 0.3 is 6.03 Å². The van der Waals surface area contributed by atoms with Crippen molar-refractivity contribution in [3.8, 4) is 0 Å². The van der Waals surface area contributed by atoms with Crippen LogP contribution in [0.5, 0.6) is 0 Å². The summed E-state index contributed by atoms with van der Waals surface area (Å²) >= 11 is 0. The largest absolute Gasteiger partial charge is 0.322 e. The number of anilines is 2. The van der Waals surface area contributed by atoms with E-state index in [2.05, 4.69) is 22.9 Å². The third-order valence-electron chi connectivity index (χ3n) is 5.20. The summed E-state index contributed by atoms with van der Waals surface area (Å²) in [4.78, 5) is 14.7. The molecule has 2 saturated heterocycles. The van der Waals surface area contributed by atoms with Gasteiger partial charge < -0.3 is 10.2 Å². The number of hydrazine groups is 2. The van der Waals surface area contributed by atoms with Gasteiger partial charge in [-0.2, -0.15) is 5.12 Å². The maximum atomic E-state index is 12.6. The van der Waals surface area contributed by atoms with Crippen molar-refractivity contribution in [2.75, 3.05) is 17.5 Å². The zero-order valence-corrected chi connectivity index (χ0v) is 14.4. The minimum Gasteiger partial charge on any atom is -0.318 e. The summed E-state index contributed by atoms with van der Waals surface area (Å²) in [5, 5.41) is 10.8. The molecular weight excluding hydrogens is 304 g/mol. The van der Waals surface area contributed by atoms with Gasteiger partial charge in [0, 0.05) is 24.8 Å². The molecular formula is C17H24N6O. The molecule has 3 aliphatic heterocycles. The van der Waals surface area contributed by atoms with Crippen molar-refractivity contribution in [1.29, 1.82) is 0 Å². The van der Waals surface area contributed by atoms with Gasteiger partial charge in [0.05, 0.1) is 5.69 Å². The van der Waals surface area contributed by atoms with Crippen molar-refractivity contribution in [2.24, 2.45) is 11.0 Å². The average molecular weight is 328 g/mol. The van der Waals surface area contributed by atoms with Gasteiger partial charge in [0.25, 0.3) is 0 Å². The molecule has 2 atom stereocenters. The quantitative estimate of drug-likeness (QED) is 0.876. The van der Waals surface area contributed by atoms with E-state index in [4.69, 9.17) is 0 Å². The molecule has 4 rings (SSSR count). The van der Waals surface area contributed by atoms with Gasteiger partial charge in [-0.25, -0.2) is 4.79 Å². The molecule has 2 amide bonds. The fraction of sp³-hybridized carbons (Fsp3) is 0.529. The molecule has 1 aromatic carbocycles. The second kappa shape index (κ2) is 5.66. The molecule has 0 aliphatic carbocycles. The number of hydrogen-bond acceptors (Lipinski definition) is 5. The first kappa shape index (κ1) is 15.3. The van der Waals surface area contributed by atoms with Crippen LogP contribution in [0, 0.1) is 12.8 Å². The smallest absolute Gasteiger partial charge is 0.318 e. The average Bonchev–Trinajstić information content (AvgIpc) is 2.95. The van der Waals surface area contributed by atoms with Gasteiger partial charge in [0.2, 0.25) is 0 Å². The van der Waals surface area contributed by atoms with E-state index in [1.807, 2.05) is 37.1 Å². The summed E-state index contributed by atoms with van der Waals surface area (Å²) in [7, 11) is 1.88. The highest BCUT2D eigenvalue weighted by Gasteiger charge is 2.46. The Morgan fingerprint density at radius 1 is 1.29 bits per heavy atom. The lowest BCUT2D eigenvalue weighted by molar-refractivity contribution is -0.00600. The number of aryl methyl sites for hydroxylation is 1. The molecule has 7 nitrogen and oxygen atoms in total. The zero-order valence-electron chi connectivity index (χ0n) is 14.4. The van der Waals surface area contributed by atoms with Crippen LogP contribution in [0.25, 0.3) is 0 Å². The lowest BCUT2D eigenvalue weighted by Gasteiger charge is -2.54. The van der Waals surface area contributed by atoms with E-state index >= 15 is 0 Å².